The number of nitrogens with two attached hydrogens (primary N) is 1. The Morgan fingerprint density at radius 1 is 1.12 bits per heavy atom. The van der Waals surface area contributed by atoms with Crippen LogP contribution in [0.3, 0.4) is 0 Å². The molecule has 3 aromatic heterocycles. The molecule has 0 saturated carbocycles. The number of aromatic nitrogens is 3. The van der Waals surface area contributed by atoms with Crippen LogP contribution in [0.1, 0.15) is 12.8 Å². The molecule has 0 amide bonds. The molecule has 0 spiro atoms. The number of piperidine rings is 1. The normalized spacial score (nSPS) is 15.0. The lowest BCUT2D eigenvalue weighted by atomic mass is 10.0. The molecule has 2 N–H and O–H groups in total. The van der Waals surface area contributed by atoms with E-state index in [1.807, 2.05) is 34.9 Å². The molecule has 0 unspecified atom stereocenters. The van der Waals surface area contributed by atoms with Crippen molar-refractivity contribution in [2.45, 2.75) is 18.9 Å². The zero-order chi connectivity index (χ0) is 22.1. The second-order valence-corrected chi connectivity index (χ2v) is 8.06. The van der Waals surface area contributed by atoms with Gasteiger partial charge in [-0.25, -0.2) is 14.4 Å². The maximum atomic E-state index is 14.6. The van der Waals surface area contributed by atoms with Crippen LogP contribution in [0.4, 0.5) is 10.1 Å². The van der Waals surface area contributed by atoms with Crippen molar-refractivity contribution in [1.82, 2.24) is 14.4 Å². The summed E-state index contributed by atoms with van der Waals surface area (Å²) in [5.41, 5.74) is 9.99. The van der Waals surface area contributed by atoms with Gasteiger partial charge in [0.15, 0.2) is 0 Å². The van der Waals surface area contributed by atoms with E-state index in [4.69, 9.17) is 20.2 Å². The largest absolute Gasteiger partial charge is 0.491 e. The number of ether oxygens (including phenoxy) is 2. The summed E-state index contributed by atoms with van der Waals surface area (Å²) in [7, 11) is 1.64. The SMILES string of the molecule is COCCOc1ccn2c(-c3ccc4c(F)ccc(N5CCC(N)CC5)c4n3)cnc2c1. The minimum Gasteiger partial charge on any atom is -0.491 e. The van der Waals surface area contributed by atoms with E-state index in [-0.39, 0.29) is 11.9 Å². The summed E-state index contributed by atoms with van der Waals surface area (Å²) in [6, 6.07) is 11.0. The molecule has 8 heteroatoms. The zero-order valence-corrected chi connectivity index (χ0v) is 18.0. The van der Waals surface area contributed by atoms with Gasteiger partial charge in [-0.1, -0.05) is 0 Å². The van der Waals surface area contributed by atoms with Gasteiger partial charge >= 0.3 is 0 Å². The summed E-state index contributed by atoms with van der Waals surface area (Å²) in [6.07, 6.45) is 5.52. The van der Waals surface area contributed by atoms with E-state index >= 15 is 0 Å². The fourth-order valence-corrected chi connectivity index (χ4v) is 4.19. The minimum absolute atomic E-state index is 0.225. The third-order valence-electron chi connectivity index (χ3n) is 5.97. The number of hydrogen-bond acceptors (Lipinski definition) is 6. The second-order valence-electron chi connectivity index (χ2n) is 8.06. The Morgan fingerprint density at radius 2 is 1.97 bits per heavy atom. The van der Waals surface area contributed by atoms with Crippen LogP contribution in [0.25, 0.3) is 27.9 Å². The van der Waals surface area contributed by atoms with Crippen LogP contribution in [0.5, 0.6) is 5.75 Å². The van der Waals surface area contributed by atoms with E-state index in [0.29, 0.717) is 24.1 Å². The first-order chi connectivity index (χ1) is 15.6. The summed E-state index contributed by atoms with van der Waals surface area (Å²) in [5.74, 6) is 0.457. The van der Waals surface area contributed by atoms with E-state index in [0.717, 1.165) is 54.4 Å². The van der Waals surface area contributed by atoms with Crippen molar-refractivity contribution < 1.29 is 13.9 Å². The number of methoxy groups -OCH3 is 1. The van der Waals surface area contributed by atoms with Gasteiger partial charge in [-0.05, 0) is 43.2 Å². The summed E-state index contributed by atoms with van der Waals surface area (Å²) in [5, 5.41) is 0.517. The number of pyridine rings is 2. The molecular formula is C24H26FN5O2. The lowest BCUT2D eigenvalue weighted by molar-refractivity contribution is 0.146. The molecule has 1 fully saturated rings. The van der Waals surface area contributed by atoms with Crippen molar-refractivity contribution >= 4 is 22.2 Å². The maximum Gasteiger partial charge on any atom is 0.140 e. The number of halogens is 1. The van der Waals surface area contributed by atoms with Gasteiger partial charge < -0.3 is 20.1 Å². The number of imidazole rings is 1. The Balaban J connectivity index is 1.53. The number of hydrogen-bond donors (Lipinski definition) is 1. The Hall–Kier alpha value is -3.23. The maximum absolute atomic E-state index is 14.6. The first-order valence-electron chi connectivity index (χ1n) is 10.8. The molecule has 0 bridgehead atoms. The van der Waals surface area contributed by atoms with Crippen LogP contribution in [0.2, 0.25) is 0 Å². The lowest BCUT2D eigenvalue weighted by Gasteiger charge is -2.32. The highest BCUT2D eigenvalue weighted by Gasteiger charge is 2.20. The van der Waals surface area contributed by atoms with Gasteiger partial charge in [0.25, 0.3) is 0 Å². The van der Waals surface area contributed by atoms with Gasteiger partial charge in [0.1, 0.15) is 23.8 Å². The van der Waals surface area contributed by atoms with Gasteiger partial charge in [0.2, 0.25) is 0 Å². The minimum atomic E-state index is -0.271. The summed E-state index contributed by atoms with van der Waals surface area (Å²) >= 11 is 0. The Kier molecular flexibility index (Phi) is 5.63. The van der Waals surface area contributed by atoms with Crippen LogP contribution in [-0.4, -0.2) is 53.8 Å². The number of anilines is 1. The van der Waals surface area contributed by atoms with E-state index in [9.17, 15) is 4.39 Å². The fourth-order valence-electron chi connectivity index (χ4n) is 4.19. The van der Waals surface area contributed by atoms with Crippen molar-refractivity contribution in [2.75, 3.05) is 38.3 Å². The molecule has 166 valence electrons. The molecule has 7 nitrogen and oxygen atoms in total. The quantitative estimate of drug-likeness (QED) is 0.466. The predicted octanol–water partition coefficient (Wildman–Crippen LogP) is 3.64. The standard InChI is InChI=1S/C24H26FN5O2/c1-31-12-13-32-17-8-11-30-22(15-27-23(30)14-17)20-4-2-18-19(25)3-5-21(24(18)28-20)29-9-6-16(26)7-10-29/h2-5,8,11,14-16H,6-7,9-10,12-13,26H2,1H3. The van der Waals surface area contributed by atoms with E-state index in [1.54, 1.807) is 19.4 Å². The van der Waals surface area contributed by atoms with Gasteiger partial charge in [0.05, 0.1) is 35.4 Å². The molecule has 1 saturated heterocycles. The number of benzene rings is 1. The summed E-state index contributed by atoms with van der Waals surface area (Å²) in [4.78, 5) is 11.6. The van der Waals surface area contributed by atoms with Crippen molar-refractivity contribution in [1.29, 1.82) is 0 Å². The number of nitrogens with zero attached hydrogens (tertiary/aromatic N) is 4. The van der Waals surface area contributed by atoms with Gasteiger partial charge in [-0.3, -0.25) is 4.40 Å². The summed E-state index contributed by atoms with van der Waals surface area (Å²) < 4.78 is 27.2. The molecule has 4 aromatic rings. The van der Waals surface area contributed by atoms with Crippen LogP contribution in [0.15, 0.2) is 48.8 Å². The van der Waals surface area contributed by atoms with Crippen LogP contribution >= 0.6 is 0 Å². The van der Waals surface area contributed by atoms with E-state index < -0.39 is 0 Å². The fraction of sp³-hybridized carbons (Fsp3) is 0.333. The first-order valence-corrected chi connectivity index (χ1v) is 10.8. The average Bonchev–Trinajstić information content (AvgIpc) is 3.23. The van der Waals surface area contributed by atoms with Crippen molar-refractivity contribution in [3.63, 3.8) is 0 Å². The molecule has 32 heavy (non-hydrogen) atoms. The molecule has 0 radical (unpaired) electrons. The van der Waals surface area contributed by atoms with Gasteiger partial charge in [-0.15, -0.1) is 0 Å². The Bertz CT molecular complexity index is 1250. The zero-order valence-electron chi connectivity index (χ0n) is 18.0. The van der Waals surface area contributed by atoms with E-state index in [1.165, 1.54) is 6.07 Å². The van der Waals surface area contributed by atoms with Crippen molar-refractivity contribution in [3.8, 4) is 17.1 Å². The molecule has 0 atom stereocenters. The highest BCUT2D eigenvalue weighted by molar-refractivity contribution is 5.93. The Morgan fingerprint density at radius 3 is 2.78 bits per heavy atom. The highest BCUT2D eigenvalue weighted by atomic mass is 19.1. The Labute approximate surface area is 185 Å². The predicted molar refractivity (Wildman–Crippen MR) is 123 cm³/mol. The topological polar surface area (TPSA) is 77.9 Å². The van der Waals surface area contributed by atoms with Crippen LogP contribution < -0.4 is 15.4 Å². The monoisotopic (exact) mass is 435 g/mol. The van der Waals surface area contributed by atoms with Crippen molar-refractivity contribution in [3.05, 3.63) is 54.6 Å². The molecule has 1 aliphatic rings. The highest BCUT2D eigenvalue weighted by Crippen LogP contribution is 2.32. The van der Waals surface area contributed by atoms with E-state index in [2.05, 4.69) is 9.88 Å². The van der Waals surface area contributed by atoms with Crippen LogP contribution in [-0.2, 0) is 4.74 Å². The second kappa shape index (κ2) is 8.72. The number of rotatable bonds is 6. The van der Waals surface area contributed by atoms with Gasteiger partial charge in [0, 0.05) is 43.9 Å². The third kappa shape index (κ3) is 3.87. The van der Waals surface area contributed by atoms with Crippen molar-refractivity contribution in [2.24, 2.45) is 5.73 Å². The number of fused-ring (bicyclic) bond motifs is 2. The summed E-state index contributed by atoms with van der Waals surface area (Å²) in [6.45, 7) is 2.68. The molecule has 1 aromatic carbocycles. The molecule has 1 aliphatic heterocycles. The van der Waals surface area contributed by atoms with Crippen LogP contribution in [0, 0.1) is 5.82 Å². The smallest absolute Gasteiger partial charge is 0.140 e. The third-order valence-corrected chi connectivity index (χ3v) is 5.97. The average molecular weight is 436 g/mol. The molecule has 0 aliphatic carbocycles. The van der Waals surface area contributed by atoms with Gasteiger partial charge in [-0.2, -0.15) is 0 Å². The first kappa shape index (κ1) is 20.7. The molecule has 4 heterocycles. The molecular weight excluding hydrogens is 409 g/mol. The lowest BCUT2D eigenvalue weighted by Crippen LogP contribution is -2.39. The molecule has 5 rings (SSSR count).